The molecule has 2 heterocycles. The molecule has 5 nitrogen and oxygen atoms in total. The van der Waals surface area contributed by atoms with Crippen LogP contribution in [-0.2, 0) is 0 Å². The SMILES string of the molecule is C=CC(=S)c1nc2ncnc(N)c2[nH]1. The van der Waals surface area contributed by atoms with Gasteiger partial charge in [-0.1, -0.05) is 18.8 Å². The predicted molar refractivity (Wildman–Crippen MR) is 58.0 cm³/mol. The summed E-state index contributed by atoms with van der Waals surface area (Å²) in [5.74, 6) is 0.901. The van der Waals surface area contributed by atoms with Crippen molar-refractivity contribution >= 4 is 34.1 Å². The second-order valence-electron chi connectivity index (χ2n) is 2.61. The van der Waals surface area contributed by atoms with Crippen molar-refractivity contribution in [1.29, 1.82) is 0 Å². The molecule has 0 aliphatic rings. The number of hydrogen-bond donors (Lipinski definition) is 2. The monoisotopic (exact) mass is 205 g/mol. The number of thiocarbonyl (C=S) groups is 1. The van der Waals surface area contributed by atoms with E-state index in [1.54, 1.807) is 0 Å². The molecule has 0 spiro atoms. The highest BCUT2D eigenvalue weighted by molar-refractivity contribution is 7.81. The lowest BCUT2D eigenvalue weighted by atomic mass is 10.4. The van der Waals surface area contributed by atoms with Crippen molar-refractivity contribution in [1.82, 2.24) is 19.9 Å². The van der Waals surface area contributed by atoms with Gasteiger partial charge in [-0.3, -0.25) is 0 Å². The van der Waals surface area contributed by atoms with Crippen LogP contribution in [0.5, 0.6) is 0 Å². The van der Waals surface area contributed by atoms with Gasteiger partial charge < -0.3 is 10.7 Å². The topological polar surface area (TPSA) is 80.5 Å². The first kappa shape index (κ1) is 8.76. The number of allylic oxidation sites excluding steroid dienone is 1. The van der Waals surface area contributed by atoms with Gasteiger partial charge in [-0.2, -0.15) is 0 Å². The number of nitrogens with two attached hydrogens (primary N) is 1. The number of nitrogens with zero attached hydrogens (tertiary/aromatic N) is 3. The van der Waals surface area contributed by atoms with Crippen LogP contribution >= 0.6 is 12.2 Å². The van der Waals surface area contributed by atoms with Crippen LogP contribution in [0.25, 0.3) is 11.2 Å². The van der Waals surface area contributed by atoms with E-state index in [2.05, 4.69) is 26.5 Å². The van der Waals surface area contributed by atoms with Gasteiger partial charge in [0.25, 0.3) is 0 Å². The van der Waals surface area contributed by atoms with Crippen LogP contribution in [0.1, 0.15) is 5.82 Å². The van der Waals surface area contributed by atoms with E-state index in [0.717, 1.165) is 0 Å². The molecule has 0 unspecified atom stereocenters. The summed E-state index contributed by atoms with van der Waals surface area (Å²) in [6.07, 6.45) is 2.90. The van der Waals surface area contributed by atoms with Gasteiger partial charge in [0.15, 0.2) is 17.3 Å². The Hall–Kier alpha value is -1.82. The number of aromatic nitrogens is 4. The number of hydrogen-bond acceptors (Lipinski definition) is 5. The van der Waals surface area contributed by atoms with Crippen molar-refractivity contribution < 1.29 is 0 Å². The van der Waals surface area contributed by atoms with E-state index in [0.29, 0.717) is 27.7 Å². The summed E-state index contributed by atoms with van der Waals surface area (Å²) in [5, 5.41) is 0. The molecule has 2 aromatic rings. The standard InChI is InChI=1S/C8H7N5S/c1-2-4(14)7-12-5-6(9)10-3-11-8(5)13-7/h2-3H,1H2,(H3,9,10,11,12,13). The van der Waals surface area contributed by atoms with Crippen molar-refractivity contribution in [2.24, 2.45) is 0 Å². The molecule has 0 amide bonds. The molecular formula is C8H7N5S. The fourth-order valence-corrected chi connectivity index (χ4v) is 1.16. The van der Waals surface area contributed by atoms with Gasteiger partial charge in [0, 0.05) is 0 Å². The van der Waals surface area contributed by atoms with Crippen LogP contribution in [0.3, 0.4) is 0 Å². The van der Waals surface area contributed by atoms with Crippen LogP contribution < -0.4 is 5.73 Å². The summed E-state index contributed by atoms with van der Waals surface area (Å²) in [7, 11) is 0. The second-order valence-corrected chi connectivity index (χ2v) is 3.05. The number of nitrogen functional groups attached to an aromatic ring is 1. The fraction of sp³-hybridized carbons (Fsp3) is 0. The Morgan fingerprint density at radius 3 is 3.00 bits per heavy atom. The molecule has 0 fully saturated rings. The zero-order valence-electron chi connectivity index (χ0n) is 7.19. The Morgan fingerprint density at radius 2 is 2.36 bits per heavy atom. The lowest BCUT2D eigenvalue weighted by molar-refractivity contribution is 1.20. The maximum atomic E-state index is 5.62. The minimum atomic E-state index is 0.362. The lowest BCUT2D eigenvalue weighted by Crippen LogP contribution is -1.94. The molecule has 2 aromatic heterocycles. The van der Waals surface area contributed by atoms with Crippen LogP contribution in [0.2, 0.25) is 0 Å². The lowest BCUT2D eigenvalue weighted by Gasteiger charge is -1.90. The fourth-order valence-electron chi connectivity index (χ4n) is 1.06. The van der Waals surface area contributed by atoms with E-state index < -0.39 is 0 Å². The molecule has 0 aromatic carbocycles. The van der Waals surface area contributed by atoms with Gasteiger partial charge in [0.1, 0.15) is 11.8 Å². The molecule has 0 radical (unpaired) electrons. The van der Waals surface area contributed by atoms with E-state index in [4.69, 9.17) is 18.0 Å². The molecule has 0 aliphatic carbocycles. The van der Waals surface area contributed by atoms with Gasteiger partial charge in [-0.25, -0.2) is 15.0 Å². The highest BCUT2D eigenvalue weighted by Crippen LogP contribution is 2.13. The van der Waals surface area contributed by atoms with E-state index in [1.165, 1.54) is 12.4 Å². The molecule has 0 bridgehead atoms. The van der Waals surface area contributed by atoms with E-state index in [9.17, 15) is 0 Å². The summed E-state index contributed by atoms with van der Waals surface area (Å²) >= 11 is 5.01. The molecule has 2 rings (SSSR count). The maximum absolute atomic E-state index is 5.62. The summed E-state index contributed by atoms with van der Waals surface area (Å²) in [6.45, 7) is 3.56. The smallest absolute Gasteiger partial charge is 0.183 e. The predicted octanol–water partition coefficient (Wildman–Crippen LogP) is 0.839. The molecule has 6 heteroatoms. The third-order valence-corrected chi connectivity index (χ3v) is 2.10. The molecule has 3 N–H and O–H groups in total. The first-order chi connectivity index (χ1) is 6.72. The van der Waals surface area contributed by atoms with Gasteiger partial charge >= 0.3 is 0 Å². The first-order valence-corrected chi connectivity index (χ1v) is 4.26. The summed E-state index contributed by atoms with van der Waals surface area (Å²) in [6, 6.07) is 0. The first-order valence-electron chi connectivity index (χ1n) is 3.85. The van der Waals surface area contributed by atoms with Crippen LogP contribution in [0.4, 0.5) is 5.82 Å². The number of aromatic amines is 1. The van der Waals surface area contributed by atoms with Crippen molar-refractivity contribution in [3.05, 3.63) is 24.8 Å². The Balaban J connectivity index is 2.68. The third kappa shape index (κ3) is 1.25. The average molecular weight is 205 g/mol. The Kier molecular flexibility index (Phi) is 1.97. The molecule has 0 aliphatic heterocycles. The normalized spacial score (nSPS) is 10.3. The number of fused-ring (bicyclic) bond motifs is 1. The van der Waals surface area contributed by atoms with Gasteiger partial charge in [0.05, 0.1) is 4.86 Å². The van der Waals surface area contributed by atoms with Crippen molar-refractivity contribution in [3.8, 4) is 0 Å². The molecule has 0 saturated heterocycles. The molecule has 14 heavy (non-hydrogen) atoms. The Labute approximate surface area is 85.1 Å². The zero-order valence-corrected chi connectivity index (χ0v) is 8.01. The van der Waals surface area contributed by atoms with Crippen LogP contribution in [-0.4, -0.2) is 24.8 Å². The number of anilines is 1. The van der Waals surface area contributed by atoms with Crippen molar-refractivity contribution in [2.75, 3.05) is 5.73 Å². The number of rotatable bonds is 2. The van der Waals surface area contributed by atoms with Crippen LogP contribution in [0, 0.1) is 0 Å². The van der Waals surface area contributed by atoms with Gasteiger partial charge in [-0.05, 0) is 6.08 Å². The summed E-state index contributed by atoms with van der Waals surface area (Å²) < 4.78 is 0. The molecule has 70 valence electrons. The van der Waals surface area contributed by atoms with Crippen molar-refractivity contribution in [3.63, 3.8) is 0 Å². The Morgan fingerprint density at radius 1 is 1.57 bits per heavy atom. The molecule has 0 atom stereocenters. The van der Waals surface area contributed by atoms with E-state index in [1.807, 2.05) is 0 Å². The Bertz CT molecular complexity index is 515. The van der Waals surface area contributed by atoms with Crippen LogP contribution in [0.15, 0.2) is 19.0 Å². The largest absolute Gasteiger partial charge is 0.382 e. The average Bonchev–Trinajstić information content (AvgIpc) is 2.62. The van der Waals surface area contributed by atoms with Gasteiger partial charge in [0.2, 0.25) is 0 Å². The molecule has 0 saturated carbocycles. The van der Waals surface area contributed by atoms with E-state index >= 15 is 0 Å². The minimum Gasteiger partial charge on any atom is -0.382 e. The summed E-state index contributed by atoms with van der Waals surface area (Å²) in [5.41, 5.74) is 6.73. The zero-order chi connectivity index (χ0) is 10.1. The third-order valence-electron chi connectivity index (χ3n) is 1.74. The van der Waals surface area contributed by atoms with Gasteiger partial charge in [-0.15, -0.1) is 0 Å². The summed E-state index contributed by atoms with van der Waals surface area (Å²) in [4.78, 5) is 15.4. The minimum absolute atomic E-state index is 0.362. The van der Waals surface area contributed by atoms with Crippen molar-refractivity contribution in [2.45, 2.75) is 0 Å². The second kappa shape index (κ2) is 3.15. The number of imidazole rings is 1. The number of H-pyrrole nitrogens is 1. The molecular weight excluding hydrogens is 198 g/mol. The highest BCUT2D eigenvalue weighted by atomic mass is 32.1. The maximum Gasteiger partial charge on any atom is 0.183 e. The highest BCUT2D eigenvalue weighted by Gasteiger charge is 2.08. The quantitative estimate of drug-likeness (QED) is 0.431. The number of nitrogens with one attached hydrogen (secondary N) is 1. The van der Waals surface area contributed by atoms with E-state index in [-0.39, 0.29) is 0 Å².